The van der Waals surface area contributed by atoms with Crippen molar-refractivity contribution in [2.24, 2.45) is 10.0 Å². The standard InChI is InChI=1S/C9H21NSi2.Na/c1-7(2)8(3,4)10-12-11-9(7,5)6;/h12H,11H2,1-6H3;. The SMILES string of the molecule is CC1(C)N=[SiH][SiH2]C(C)(C)C1(C)C.[Na]. The summed E-state index contributed by atoms with van der Waals surface area (Å²) in [5.41, 5.74) is 0.592. The van der Waals surface area contributed by atoms with E-state index < -0.39 is 0 Å². The van der Waals surface area contributed by atoms with Crippen molar-refractivity contribution in [3.05, 3.63) is 0 Å². The van der Waals surface area contributed by atoms with Gasteiger partial charge in [0, 0.05) is 35.1 Å². The van der Waals surface area contributed by atoms with E-state index in [1.165, 1.54) is 0 Å². The van der Waals surface area contributed by atoms with Gasteiger partial charge in [-0.3, -0.25) is 0 Å². The van der Waals surface area contributed by atoms with Crippen LogP contribution in [0, 0.1) is 5.41 Å². The van der Waals surface area contributed by atoms with E-state index in [0.717, 1.165) is 0 Å². The molecule has 0 bridgehead atoms. The fourth-order valence-electron chi connectivity index (χ4n) is 1.75. The second kappa shape index (κ2) is 4.01. The zero-order valence-corrected chi connectivity index (χ0v) is 14.8. The van der Waals surface area contributed by atoms with E-state index >= 15 is 0 Å². The molecule has 0 atom stereocenters. The summed E-state index contributed by atoms with van der Waals surface area (Å²) in [4.78, 5) is 0. The Kier molecular flexibility index (Phi) is 4.39. The van der Waals surface area contributed by atoms with Crippen LogP contribution in [0.2, 0.25) is 5.04 Å². The summed E-state index contributed by atoms with van der Waals surface area (Å²) in [6, 6.07) is 0. The predicted octanol–water partition coefficient (Wildman–Crippen LogP) is 1.33. The predicted molar refractivity (Wildman–Crippen MR) is 65.8 cm³/mol. The van der Waals surface area contributed by atoms with Crippen molar-refractivity contribution in [3.8, 4) is 0 Å². The summed E-state index contributed by atoms with van der Waals surface area (Å²) in [7, 11) is 0.545. The molecule has 1 rings (SSSR count). The van der Waals surface area contributed by atoms with Crippen molar-refractivity contribution in [2.45, 2.75) is 52.1 Å². The second-order valence-corrected chi connectivity index (χ2v) is 10.7. The van der Waals surface area contributed by atoms with Gasteiger partial charge in [0.2, 0.25) is 0 Å². The minimum Gasteiger partial charge on any atom is -0.338 e. The monoisotopic (exact) mass is 222 g/mol. The topological polar surface area (TPSA) is 12.4 Å². The van der Waals surface area contributed by atoms with Gasteiger partial charge >= 0.3 is 0 Å². The molecule has 13 heavy (non-hydrogen) atoms. The molecular formula is C9H21NNaSi2. The normalized spacial score (nSPS) is 29.7. The first-order chi connectivity index (χ1) is 5.21. The molecule has 0 aromatic carbocycles. The maximum absolute atomic E-state index is 4.86. The minimum atomic E-state index is 0. The van der Waals surface area contributed by atoms with E-state index in [4.69, 9.17) is 4.63 Å². The van der Waals surface area contributed by atoms with Gasteiger partial charge in [-0.2, -0.15) is 0 Å². The maximum atomic E-state index is 4.86. The van der Waals surface area contributed by atoms with Gasteiger partial charge in [0.15, 0.2) is 0 Å². The van der Waals surface area contributed by atoms with Crippen LogP contribution in [0.25, 0.3) is 0 Å². The van der Waals surface area contributed by atoms with Crippen molar-refractivity contribution in [3.63, 3.8) is 0 Å². The third-order valence-electron chi connectivity index (χ3n) is 4.24. The fraction of sp³-hybridized carbons (Fsp3) is 1.00. The van der Waals surface area contributed by atoms with E-state index in [1.807, 2.05) is 0 Å². The molecule has 1 aliphatic heterocycles. The Balaban J connectivity index is 0.00000144. The van der Waals surface area contributed by atoms with Crippen LogP contribution < -0.4 is 0 Å². The molecule has 0 saturated heterocycles. The van der Waals surface area contributed by atoms with Crippen LogP contribution >= 0.6 is 0 Å². The van der Waals surface area contributed by atoms with E-state index in [0.29, 0.717) is 19.3 Å². The number of hydrogen-bond donors (Lipinski definition) is 0. The van der Waals surface area contributed by atoms with Gasteiger partial charge in [-0.15, -0.1) is 0 Å². The molecule has 0 N–H and O–H groups in total. The summed E-state index contributed by atoms with van der Waals surface area (Å²) in [5.74, 6) is 0. The Morgan fingerprint density at radius 2 is 1.46 bits per heavy atom. The Labute approximate surface area is 109 Å². The van der Waals surface area contributed by atoms with Gasteiger partial charge in [0.05, 0.1) is 17.9 Å². The van der Waals surface area contributed by atoms with Gasteiger partial charge in [-0.1, -0.05) is 27.7 Å². The van der Waals surface area contributed by atoms with Crippen molar-refractivity contribution in [2.75, 3.05) is 0 Å². The summed E-state index contributed by atoms with van der Waals surface area (Å²) < 4.78 is 4.86. The van der Waals surface area contributed by atoms with Crippen LogP contribution in [-0.4, -0.2) is 53.0 Å². The van der Waals surface area contributed by atoms with E-state index in [-0.39, 0.29) is 44.1 Å². The molecule has 1 aliphatic rings. The van der Waals surface area contributed by atoms with Crippen LogP contribution in [0.1, 0.15) is 41.5 Å². The quantitative estimate of drug-likeness (QED) is 0.548. The Morgan fingerprint density at radius 1 is 1.00 bits per heavy atom. The molecule has 1 heterocycles. The molecule has 0 aromatic heterocycles. The molecule has 0 aromatic rings. The van der Waals surface area contributed by atoms with Gasteiger partial charge in [0.1, 0.15) is 0 Å². The molecule has 4 heteroatoms. The van der Waals surface area contributed by atoms with Crippen LogP contribution in [0.3, 0.4) is 0 Å². The first-order valence-corrected chi connectivity index (χ1v) is 9.23. The number of hydrogen-bond acceptors (Lipinski definition) is 1. The van der Waals surface area contributed by atoms with Gasteiger partial charge in [-0.05, 0) is 24.3 Å². The molecule has 0 saturated carbocycles. The van der Waals surface area contributed by atoms with Crippen LogP contribution in [0.5, 0.6) is 0 Å². The molecule has 0 aliphatic carbocycles. The Morgan fingerprint density at radius 3 is 1.77 bits per heavy atom. The Hall–Kier alpha value is 1.23. The molecule has 71 valence electrons. The van der Waals surface area contributed by atoms with Crippen LogP contribution in [-0.2, 0) is 0 Å². The molecule has 1 radical (unpaired) electrons. The largest absolute Gasteiger partial charge is 0.338 e. The number of rotatable bonds is 0. The second-order valence-electron chi connectivity index (χ2n) is 5.58. The fourth-order valence-corrected chi connectivity index (χ4v) is 8.56. The molecule has 0 fully saturated rings. The van der Waals surface area contributed by atoms with Gasteiger partial charge in [0.25, 0.3) is 0 Å². The summed E-state index contributed by atoms with van der Waals surface area (Å²) in [6.45, 7) is 14.3. The average Bonchev–Trinajstić information content (AvgIpc) is 1.83. The minimum absolute atomic E-state index is 0. The van der Waals surface area contributed by atoms with E-state index in [2.05, 4.69) is 41.5 Å². The van der Waals surface area contributed by atoms with Crippen molar-refractivity contribution >= 4 is 47.4 Å². The summed E-state index contributed by atoms with van der Waals surface area (Å²) >= 11 is 0. The van der Waals surface area contributed by atoms with Crippen molar-refractivity contribution in [1.82, 2.24) is 0 Å². The van der Waals surface area contributed by atoms with E-state index in [1.54, 1.807) is 0 Å². The zero-order valence-electron chi connectivity index (χ0n) is 10.2. The van der Waals surface area contributed by atoms with E-state index in [9.17, 15) is 0 Å². The molecule has 0 spiro atoms. The van der Waals surface area contributed by atoms with Crippen molar-refractivity contribution < 1.29 is 0 Å². The summed E-state index contributed by atoms with van der Waals surface area (Å²) in [5, 5.41) is 0.591. The van der Waals surface area contributed by atoms with Crippen LogP contribution in [0.15, 0.2) is 4.63 Å². The summed E-state index contributed by atoms with van der Waals surface area (Å²) in [6.07, 6.45) is 0. The third-order valence-corrected chi connectivity index (χ3v) is 11.3. The molecule has 1 nitrogen and oxygen atoms in total. The van der Waals surface area contributed by atoms with Crippen LogP contribution in [0.4, 0.5) is 0 Å². The number of nitrogens with zero attached hydrogens (tertiary/aromatic N) is 1. The molecular weight excluding hydrogens is 201 g/mol. The van der Waals surface area contributed by atoms with Gasteiger partial charge < -0.3 is 4.63 Å². The molecule has 0 amide bonds. The zero-order chi connectivity index (χ0) is 9.62. The first-order valence-electron chi connectivity index (χ1n) is 4.74. The smallest absolute Gasteiger partial charge is 0.0853 e. The maximum Gasteiger partial charge on any atom is 0.0853 e. The average molecular weight is 222 g/mol. The molecule has 0 unspecified atom stereocenters. The van der Waals surface area contributed by atoms with Gasteiger partial charge in [-0.25, -0.2) is 0 Å². The third kappa shape index (κ3) is 2.25. The Bertz CT molecular complexity index is 222. The van der Waals surface area contributed by atoms with Crippen molar-refractivity contribution in [1.29, 1.82) is 0 Å². The first kappa shape index (κ1) is 14.2.